The number of carbonyl (C=O) groups excluding carboxylic acids is 5. The third-order valence-corrected chi connectivity index (χ3v) is 16.2. The van der Waals surface area contributed by atoms with Crippen LogP contribution in [0.4, 0.5) is 4.79 Å². The maximum Gasteiger partial charge on any atom is 0.323 e. The van der Waals surface area contributed by atoms with Crippen molar-refractivity contribution >= 4 is 62.2 Å². The SMILES string of the molecule is C=CC(=O)N1CCO[C@H]2CN(C(=O)N(C)[C@H](C(=O)N[C@H]3Cc4nc(cs4)-c4ccc5c(c4)c(c(-c4cccnc4[C@H](C)OC)n5CC)CC(C)(C)COC(=O)[C@@]4([SiH3])CCCN(N4)C3=O)C(C)C)C[C@@H]21. The van der Waals surface area contributed by atoms with Crippen LogP contribution in [0.2, 0.25) is 0 Å². The molecule has 4 aliphatic rings. The highest BCUT2D eigenvalue weighted by Crippen LogP contribution is 2.42. The van der Waals surface area contributed by atoms with Crippen LogP contribution in [0.3, 0.4) is 0 Å². The summed E-state index contributed by atoms with van der Waals surface area (Å²) in [5.41, 5.74) is 9.38. The molecule has 3 saturated heterocycles. The van der Waals surface area contributed by atoms with Gasteiger partial charge in [0.25, 0.3) is 5.91 Å². The quantitative estimate of drug-likeness (QED) is 0.140. The molecule has 370 valence electrons. The molecule has 2 N–H and O–H groups in total. The third kappa shape index (κ3) is 9.85. The predicted molar refractivity (Wildman–Crippen MR) is 267 cm³/mol. The fourth-order valence-corrected chi connectivity index (χ4v) is 12.2. The van der Waals surface area contributed by atoms with Crippen molar-refractivity contribution in [2.75, 3.05) is 53.6 Å². The third-order valence-electron chi connectivity index (χ3n) is 14.2. The summed E-state index contributed by atoms with van der Waals surface area (Å²) in [5, 5.41) is 7.06. The molecular formula is C50H67N9O8SSi. The van der Waals surface area contributed by atoms with Crippen LogP contribution in [0.1, 0.15) is 76.8 Å². The standard InChI is InChI=1S/C50H67N9O8SSi/c1-10-41(60)58-20-21-66-39-26-56(25-38(39)58)48(64)55(8)43(29(3)4)45(61)53-35-23-40-52-36(27-68-40)31-15-16-37-33(22-31)34(44(57(37)11-2)32-14-12-18-51-42(32)30(5)65-9)24-49(6,7)28-67-47(63)50(69)17-13-19-59(54-50)46(35)62/h10,12,14-16,18,22,27,29-30,35,38-39,43,54H,1,11,13,17,19-21,23-26,28H2,2-9,69H3,(H,53,61)/t30-,35-,38-,39-,43-,50-/m0/s1. The van der Waals surface area contributed by atoms with E-state index in [-0.39, 0.29) is 62.2 Å². The number of hydrogen-bond donors (Lipinski definition) is 2. The van der Waals surface area contributed by atoms with E-state index < -0.39 is 40.4 Å². The lowest BCUT2D eigenvalue weighted by atomic mass is 9.84. The van der Waals surface area contributed by atoms with E-state index >= 15 is 0 Å². The van der Waals surface area contributed by atoms with Gasteiger partial charge >= 0.3 is 12.0 Å². The van der Waals surface area contributed by atoms with Gasteiger partial charge in [-0.2, -0.15) is 0 Å². The van der Waals surface area contributed by atoms with Gasteiger partial charge in [0, 0.05) is 96.0 Å². The van der Waals surface area contributed by atoms with E-state index in [2.05, 4.69) is 66.9 Å². The van der Waals surface area contributed by atoms with Gasteiger partial charge in [0.15, 0.2) is 0 Å². The predicted octanol–water partition coefficient (Wildman–Crippen LogP) is 4.07. The van der Waals surface area contributed by atoms with E-state index in [0.29, 0.717) is 60.8 Å². The number of cyclic esters (lactones) is 1. The van der Waals surface area contributed by atoms with Crippen LogP contribution >= 0.6 is 11.3 Å². The average molecular weight is 982 g/mol. The molecule has 3 aromatic heterocycles. The van der Waals surface area contributed by atoms with Gasteiger partial charge in [0.2, 0.25) is 11.8 Å². The molecule has 17 nitrogen and oxygen atoms in total. The van der Waals surface area contributed by atoms with Crippen molar-refractivity contribution in [1.29, 1.82) is 0 Å². The molecule has 6 bridgehead atoms. The first-order chi connectivity index (χ1) is 32.9. The first-order valence-electron chi connectivity index (χ1n) is 24.1. The van der Waals surface area contributed by atoms with E-state index in [4.69, 9.17) is 24.2 Å². The van der Waals surface area contributed by atoms with Gasteiger partial charge in [-0.3, -0.25) is 29.2 Å². The van der Waals surface area contributed by atoms with E-state index in [1.54, 1.807) is 30.2 Å². The highest BCUT2D eigenvalue weighted by molar-refractivity contribution is 7.10. The van der Waals surface area contributed by atoms with Crippen LogP contribution in [0.5, 0.6) is 0 Å². The molecule has 0 saturated carbocycles. The zero-order valence-electron chi connectivity index (χ0n) is 41.4. The number of likely N-dealkylation sites (tertiary alicyclic amines) is 1. The van der Waals surface area contributed by atoms with Crippen molar-refractivity contribution in [3.05, 3.63) is 70.8 Å². The number of morpholine rings is 1. The Kier molecular flexibility index (Phi) is 14.5. The Labute approximate surface area is 411 Å². The lowest BCUT2D eigenvalue weighted by Crippen LogP contribution is -2.67. The van der Waals surface area contributed by atoms with Crippen LogP contribution in [-0.4, -0.2) is 157 Å². The van der Waals surface area contributed by atoms with Crippen molar-refractivity contribution < 1.29 is 38.2 Å². The molecule has 7 heterocycles. The summed E-state index contributed by atoms with van der Waals surface area (Å²) < 4.78 is 20.4. The second-order valence-corrected chi connectivity index (χ2v) is 22.8. The van der Waals surface area contributed by atoms with Crippen molar-refractivity contribution in [1.82, 2.24) is 45.0 Å². The molecule has 3 fully saturated rings. The molecule has 0 spiro atoms. The number of thiazole rings is 1. The zero-order chi connectivity index (χ0) is 49.5. The number of likely N-dealkylation sites (N-methyl/N-ethyl adjacent to an activating group) is 1. The van der Waals surface area contributed by atoms with Gasteiger partial charge < -0.3 is 38.8 Å². The Hall–Kier alpha value is -5.47. The summed E-state index contributed by atoms with van der Waals surface area (Å²) in [6.45, 7) is 18.1. The molecule has 69 heavy (non-hydrogen) atoms. The molecule has 19 heteroatoms. The number of esters is 1. The molecule has 6 atom stereocenters. The number of aromatic nitrogens is 3. The monoisotopic (exact) mass is 981 g/mol. The number of carbonyl (C=O) groups is 5. The summed E-state index contributed by atoms with van der Waals surface area (Å²) in [4.78, 5) is 85.4. The summed E-state index contributed by atoms with van der Waals surface area (Å²) in [5.74, 6) is -1.91. The molecule has 0 radical (unpaired) electrons. The minimum absolute atomic E-state index is 0.0635. The lowest BCUT2D eigenvalue weighted by molar-refractivity contribution is -0.158. The Balaban J connectivity index is 1.15. The number of pyridine rings is 1. The van der Waals surface area contributed by atoms with E-state index in [9.17, 15) is 24.0 Å². The Morgan fingerprint density at radius 1 is 1.16 bits per heavy atom. The van der Waals surface area contributed by atoms with Crippen molar-refractivity contribution in [3.8, 4) is 22.5 Å². The normalized spacial score (nSPS) is 23.8. The second-order valence-electron chi connectivity index (χ2n) is 20.2. The number of aryl methyl sites for hydroxylation is 1. The highest BCUT2D eigenvalue weighted by atomic mass is 32.1. The summed E-state index contributed by atoms with van der Waals surface area (Å²) in [6.07, 6.45) is 4.10. The molecule has 0 unspecified atom stereocenters. The summed E-state index contributed by atoms with van der Waals surface area (Å²) in [7, 11) is 3.61. The van der Waals surface area contributed by atoms with Crippen molar-refractivity contribution in [3.63, 3.8) is 0 Å². The number of rotatable bonds is 9. The van der Waals surface area contributed by atoms with Gasteiger partial charge in [-0.1, -0.05) is 40.3 Å². The maximum atomic E-state index is 14.9. The Bertz CT molecular complexity index is 2630. The van der Waals surface area contributed by atoms with Crippen LogP contribution in [0.15, 0.2) is 54.6 Å². The largest absolute Gasteiger partial charge is 0.464 e. The van der Waals surface area contributed by atoms with E-state index in [1.807, 2.05) is 32.2 Å². The number of fused-ring (bicyclic) bond motifs is 7. The summed E-state index contributed by atoms with van der Waals surface area (Å²) in [6, 6.07) is 7.62. The number of nitrogens with zero attached hydrogens (tertiary/aromatic N) is 7. The maximum absolute atomic E-state index is 14.9. The van der Waals surface area contributed by atoms with Crippen LogP contribution < -0.4 is 10.7 Å². The van der Waals surface area contributed by atoms with Gasteiger partial charge in [0.1, 0.15) is 17.2 Å². The molecule has 1 aromatic carbocycles. The fraction of sp³-hybridized carbons (Fsp3) is 0.540. The molecule has 5 amide bonds. The minimum atomic E-state index is -1.11. The average Bonchev–Trinajstić information content (AvgIpc) is 4.07. The van der Waals surface area contributed by atoms with E-state index in [0.717, 1.165) is 44.7 Å². The molecule has 4 aliphatic heterocycles. The molecular weight excluding hydrogens is 915 g/mol. The first kappa shape index (κ1) is 49.9. The Morgan fingerprint density at radius 2 is 1.94 bits per heavy atom. The molecule has 8 rings (SSSR count). The number of benzene rings is 1. The van der Waals surface area contributed by atoms with Gasteiger partial charge in [-0.05, 0) is 74.9 Å². The van der Waals surface area contributed by atoms with Crippen LogP contribution in [-0.2, 0) is 52.8 Å². The van der Waals surface area contributed by atoms with Gasteiger partial charge in [0.05, 0.1) is 60.1 Å². The number of hydrazine groups is 1. The number of hydrogen-bond acceptors (Lipinski definition) is 12. The first-order valence-corrected chi connectivity index (χ1v) is 26.0. The van der Waals surface area contributed by atoms with Crippen LogP contribution in [0, 0.1) is 11.3 Å². The Morgan fingerprint density at radius 3 is 2.67 bits per heavy atom. The number of methoxy groups -OCH3 is 1. The van der Waals surface area contributed by atoms with Crippen LogP contribution in [0.25, 0.3) is 33.4 Å². The highest BCUT2D eigenvalue weighted by Gasteiger charge is 2.47. The molecule has 0 aliphatic carbocycles. The van der Waals surface area contributed by atoms with Gasteiger partial charge in [-0.15, -0.1) is 11.3 Å². The number of urea groups is 1. The lowest BCUT2D eigenvalue weighted by Gasteiger charge is -2.41. The number of ether oxygens (including phenoxy) is 3. The topological polar surface area (TPSA) is 181 Å². The smallest absolute Gasteiger partial charge is 0.323 e. The fourth-order valence-electron chi connectivity index (χ4n) is 10.6. The molecule has 4 aromatic rings. The van der Waals surface area contributed by atoms with E-state index in [1.165, 1.54) is 27.3 Å². The zero-order valence-corrected chi connectivity index (χ0v) is 44.2. The van der Waals surface area contributed by atoms with Crippen molar-refractivity contribution in [2.45, 2.75) is 109 Å². The summed E-state index contributed by atoms with van der Waals surface area (Å²) >= 11 is 1.41. The number of amides is 5. The number of nitrogens with one attached hydrogen (secondary N) is 2. The van der Waals surface area contributed by atoms with Crippen molar-refractivity contribution in [2.24, 2.45) is 11.3 Å². The minimum Gasteiger partial charge on any atom is -0.464 e. The van der Waals surface area contributed by atoms with Gasteiger partial charge in [-0.25, -0.2) is 15.2 Å². The second kappa shape index (κ2) is 20.1.